The minimum absolute atomic E-state index is 0.0278. The van der Waals surface area contributed by atoms with Crippen LogP contribution in [0.3, 0.4) is 0 Å². The summed E-state index contributed by atoms with van der Waals surface area (Å²) in [6.07, 6.45) is 11.6. The van der Waals surface area contributed by atoms with Crippen LogP contribution in [0.4, 0.5) is 5.95 Å². The topological polar surface area (TPSA) is 77.2 Å². The maximum Gasteiger partial charge on any atom is 0.333 e. The predicted molar refractivity (Wildman–Crippen MR) is 141 cm³/mol. The van der Waals surface area contributed by atoms with E-state index in [4.69, 9.17) is 9.72 Å². The minimum Gasteiger partial charge on any atom is -0.381 e. The Kier molecular flexibility index (Phi) is 6.63. The monoisotopic (exact) mass is 488 g/mol. The van der Waals surface area contributed by atoms with Crippen LogP contribution in [-0.2, 0) is 4.74 Å². The molecule has 190 valence electrons. The Labute approximate surface area is 212 Å². The molecule has 6 rings (SSSR count). The molecule has 2 saturated heterocycles. The van der Waals surface area contributed by atoms with Crippen molar-refractivity contribution in [3.05, 3.63) is 58.8 Å². The molecule has 8 nitrogen and oxygen atoms in total. The highest BCUT2D eigenvalue weighted by Crippen LogP contribution is 2.29. The van der Waals surface area contributed by atoms with Crippen molar-refractivity contribution < 1.29 is 4.74 Å². The Morgan fingerprint density at radius 3 is 2.53 bits per heavy atom. The lowest BCUT2D eigenvalue weighted by Gasteiger charge is -2.42. The number of likely N-dealkylation sites (tertiary alicyclic amines) is 1. The van der Waals surface area contributed by atoms with E-state index in [1.165, 1.54) is 32.4 Å². The van der Waals surface area contributed by atoms with Gasteiger partial charge in [-0.1, -0.05) is 12.1 Å². The van der Waals surface area contributed by atoms with Crippen LogP contribution in [0.25, 0.3) is 17.1 Å². The molecule has 0 unspecified atom stereocenters. The molecule has 0 spiro atoms. The number of aryl methyl sites for hydroxylation is 1. The van der Waals surface area contributed by atoms with E-state index < -0.39 is 0 Å². The van der Waals surface area contributed by atoms with Gasteiger partial charge in [0.2, 0.25) is 5.95 Å². The van der Waals surface area contributed by atoms with Crippen LogP contribution < -0.4 is 11.0 Å². The molecule has 8 heteroatoms. The maximum atomic E-state index is 13.7. The quantitative estimate of drug-likeness (QED) is 0.561. The van der Waals surface area contributed by atoms with Gasteiger partial charge in [0.05, 0.1) is 17.1 Å². The normalized spacial score (nSPS) is 23.4. The van der Waals surface area contributed by atoms with Crippen LogP contribution in [0.2, 0.25) is 0 Å². The van der Waals surface area contributed by atoms with E-state index in [2.05, 4.69) is 21.3 Å². The number of hydrogen-bond acceptors (Lipinski definition) is 6. The smallest absolute Gasteiger partial charge is 0.333 e. The van der Waals surface area contributed by atoms with Gasteiger partial charge in [-0.25, -0.2) is 14.8 Å². The van der Waals surface area contributed by atoms with Crippen molar-refractivity contribution in [2.45, 2.75) is 70.0 Å². The van der Waals surface area contributed by atoms with Crippen LogP contribution in [0, 0.1) is 6.92 Å². The first-order valence-electron chi connectivity index (χ1n) is 13.5. The zero-order chi connectivity index (χ0) is 24.5. The summed E-state index contributed by atoms with van der Waals surface area (Å²) in [5.41, 5.74) is 3.50. The first-order chi connectivity index (χ1) is 17.7. The first kappa shape index (κ1) is 23.4. The largest absolute Gasteiger partial charge is 0.381 e. The second-order valence-electron chi connectivity index (χ2n) is 10.5. The summed E-state index contributed by atoms with van der Waals surface area (Å²) in [5.74, 6) is 0.641. The van der Waals surface area contributed by atoms with E-state index in [-0.39, 0.29) is 11.7 Å². The highest BCUT2D eigenvalue weighted by Gasteiger charge is 2.29. The van der Waals surface area contributed by atoms with Gasteiger partial charge < -0.3 is 15.0 Å². The predicted octanol–water partition coefficient (Wildman–Crippen LogP) is 4.18. The molecule has 3 aliphatic rings. The summed E-state index contributed by atoms with van der Waals surface area (Å²) < 4.78 is 9.23. The summed E-state index contributed by atoms with van der Waals surface area (Å²) >= 11 is 0. The number of ether oxygens (including phenoxy) is 1. The van der Waals surface area contributed by atoms with Crippen molar-refractivity contribution >= 4 is 5.95 Å². The number of aromatic nitrogens is 4. The van der Waals surface area contributed by atoms with Crippen LogP contribution >= 0.6 is 0 Å². The second-order valence-corrected chi connectivity index (χ2v) is 10.5. The zero-order valence-electron chi connectivity index (χ0n) is 21.1. The van der Waals surface area contributed by atoms with Crippen molar-refractivity contribution in [3.8, 4) is 17.1 Å². The Morgan fingerprint density at radius 2 is 1.81 bits per heavy atom. The van der Waals surface area contributed by atoms with E-state index in [1.807, 2.05) is 42.0 Å². The molecule has 2 aromatic heterocycles. The van der Waals surface area contributed by atoms with E-state index >= 15 is 0 Å². The molecule has 1 aromatic carbocycles. The van der Waals surface area contributed by atoms with E-state index in [0.717, 1.165) is 54.4 Å². The van der Waals surface area contributed by atoms with E-state index in [9.17, 15) is 4.79 Å². The number of rotatable bonds is 6. The van der Waals surface area contributed by atoms with E-state index in [1.54, 1.807) is 10.8 Å². The molecule has 3 fully saturated rings. The van der Waals surface area contributed by atoms with Gasteiger partial charge in [0.25, 0.3) is 0 Å². The third-order valence-corrected chi connectivity index (χ3v) is 8.11. The highest BCUT2D eigenvalue weighted by atomic mass is 16.5. The van der Waals surface area contributed by atoms with Crippen molar-refractivity contribution in [1.29, 1.82) is 0 Å². The summed E-state index contributed by atoms with van der Waals surface area (Å²) in [7, 11) is 0. The van der Waals surface area contributed by atoms with Crippen LogP contribution in [0.5, 0.6) is 0 Å². The number of nitrogens with zero attached hydrogens (tertiary/aromatic N) is 5. The van der Waals surface area contributed by atoms with Crippen molar-refractivity contribution in [1.82, 2.24) is 24.0 Å². The Hall–Kier alpha value is -2.97. The van der Waals surface area contributed by atoms with Crippen molar-refractivity contribution in [3.63, 3.8) is 0 Å². The lowest BCUT2D eigenvalue weighted by Crippen LogP contribution is -2.47. The van der Waals surface area contributed by atoms with E-state index in [0.29, 0.717) is 25.2 Å². The SMILES string of the molecule is Cc1cccc(-n2c(-c3ccnc(NC4CCC(N5CCC5)CC4)n3)cn(C3CCOCC3)c2=O)c1. The standard InChI is InChI=1S/C28H36N6O2/c1-20-4-2-5-24(18-20)34-26(19-33(28(34)35)23-11-16-36-17-12-23)25-10-13-29-27(31-25)30-21-6-8-22(9-7-21)32-14-3-15-32/h2,4-5,10,13,18-19,21-23H,3,6-9,11-12,14-17H2,1H3,(H,29,30,31). The third-order valence-electron chi connectivity index (χ3n) is 8.11. The van der Waals surface area contributed by atoms with Crippen molar-refractivity contribution in [2.24, 2.45) is 0 Å². The van der Waals surface area contributed by atoms with Gasteiger partial charge in [-0.15, -0.1) is 0 Å². The van der Waals surface area contributed by atoms with Gasteiger partial charge in [-0.3, -0.25) is 9.13 Å². The van der Waals surface area contributed by atoms with Gasteiger partial charge in [0.1, 0.15) is 0 Å². The fourth-order valence-electron chi connectivity index (χ4n) is 5.93. The molecule has 2 aliphatic heterocycles. The summed E-state index contributed by atoms with van der Waals surface area (Å²) in [4.78, 5) is 25.8. The number of benzene rings is 1. The first-order valence-corrected chi connectivity index (χ1v) is 13.5. The molecule has 1 aliphatic carbocycles. The fraction of sp³-hybridized carbons (Fsp3) is 0.536. The Morgan fingerprint density at radius 1 is 1.00 bits per heavy atom. The summed E-state index contributed by atoms with van der Waals surface area (Å²) in [5, 5.41) is 3.59. The lowest BCUT2D eigenvalue weighted by molar-refractivity contribution is 0.0686. The fourth-order valence-corrected chi connectivity index (χ4v) is 5.93. The molecule has 1 N–H and O–H groups in total. The Bertz CT molecular complexity index is 1250. The average molecular weight is 489 g/mol. The molecule has 0 amide bonds. The number of nitrogens with one attached hydrogen (secondary N) is 1. The molecular weight excluding hydrogens is 452 g/mol. The maximum absolute atomic E-state index is 13.7. The van der Waals surface area contributed by atoms with Gasteiger partial charge in [-0.2, -0.15) is 0 Å². The van der Waals surface area contributed by atoms with Gasteiger partial charge in [-0.05, 0) is 88.7 Å². The molecule has 0 atom stereocenters. The van der Waals surface area contributed by atoms with Crippen LogP contribution in [0.1, 0.15) is 56.6 Å². The third kappa shape index (κ3) is 4.72. The number of hydrogen-bond donors (Lipinski definition) is 1. The number of anilines is 1. The average Bonchev–Trinajstić information content (AvgIpc) is 3.22. The van der Waals surface area contributed by atoms with Crippen molar-refractivity contribution in [2.75, 3.05) is 31.6 Å². The lowest BCUT2D eigenvalue weighted by atomic mass is 9.89. The van der Waals surface area contributed by atoms with Gasteiger partial charge >= 0.3 is 5.69 Å². The van der Waals surface area contributed by atoms with Crippen LogP contribution in [-0.4, -0.2) is 62.4 Å². The highest BCUT2D eigenvalue weighted by molar-refractivity contribution is 5.59. The Balaban J connectivity index is 1.29. The second kappa shape index (κ2) is 10.2. The molecule has 0 bridgehead atoms. The zero-order valence-corrected chi connectivity index (χ0v) is 21.1. The van der Waals surface area contributed by atoms with Gasteiger partial charge in [0, 0.05) is 43.7 Å². The van der Waals surface area contributed by atoms with Crippen LogP contribution in [0.15, 0.2) is 47.5 Å². The summed E-state index contributed by atoms with van der Waals surface area (Å²) in [6, 6.07) is 11.3. The minimum atomic E-state index is -0.0278. The molecular formula is C28H36N6O2. The molecule has 4 heterocycles. The molecule has 1 saturated carbocycles. The molecule has 0 radical (unpaired) electrons. The molecule has 36 heavy (non-hydrogen) atoms. The number of imidazole rings is 1. The summed E-state index contributed by atoms with van der Waals surface area (Å²) in [6.45, 7) is 5.95. The van der Waals surface area contributed by atoms with Gasteiger partial charge in [0.15, 0.2) is 0 Å². The molecule has 3 aromatic rings.